The number of carbonyl (C=O) groups excluding carboxylic acids is 1. The van der Waals surface area contributed by atoms with Crippen molar-refractivity contribution in [3.05, 3.63) is 87.7 Å². The molecule has 344 valence electrons. The topological polar surface area (TPSA) is 186 Å². The number of pyridine rings is 1. The van der Waals surface area contributed by atoms with E-state index < -0.39 is 26.3 Å². The highest BCUT2D eigenvalue weighted by Crippen LogP contribution is 2.75. The molecule has 14 nitrogen and oxygen atoms in total. The highest BCUT2D eigenvalue weighted by molar-refractivity contribution is 7.92. The van der Waals surface area contributed by atoms with Crippen molar-refractivity contribution in [3.63, 3.8) is 0 Å². The highest BCUT2D eigenvalue weighted by atomic mass is 35.5. The van der Waals surface area contributed by atoms with E-state index in [1.165, 1.54) is 56.9 Å². The summed E-state index contributed by atoms with van der Waals surface area (Å²) in [5.74, 6) is -1.03. The first-order chi connectivity index (χ1) is 30.5. The number of ether oxygens (including phenoxy) is 2. The van der Waals surface area contributed by atoms with Crippen molar-refractivity contribution in [3.8, 4) is 11.5 Å². The Hall–Kier alpha value is -4.54. The summed E-state index contributed by atoms with van der Waals surface area (Å²) < 4.78 is 38.6. The molecule has 4 aliphatic carbocycles. The molecule has 10 rings (SSSR count). The van der Waals surface area contributed by atoms with Crippen molar-refractivity contribution in [2.75, 3.05) is 75.0 Å². The molecule has 5 fully saturated rings. The first-order valence-electron chi connectivity index (χ1n) is 22.7. The van der Waals surface area contributed by atoms with Gasteiger partial charge < -0.3 is 35.3 Å². The van der Waals surface area contributed by atoms with E-state index in [4.69, 9.17) is 26.8 Å². The maximum Gasteiger partial charge on any atom is 0.293 e. The Kier molecular flexibility index (Phi) is 13.0. The van der Waals surface area contributed by atoms with Gasteiger partial charge in [0.05, 0.1) is 21.6 Å². The lowest BCUT2D eigenvalue weighted by atomic mass is 9.39. The van der Waals surface area contributed by atoms with Crippen LogP contribution in [0.1, 0.15) is 89.4 Å². The molecule has 2 saturated heterocycles. The van der Waals surface area contributed by atoms with Gasteiger partial charge in [-0.25, -0.2) is 13.4 Å². The molecule has 2 aliphatic heterocycles. The molecule has 0 radical (unpaired) electrons. The Labute approximate surface area is 381 Å². The van der Waals surface area contributed by atoms with Crippen LogP contribution in [-0.4, -0.2) is 104 Å². The zero-order valence-electron chi connectivity index (χ0n) is 37.5. The number of nitrogens with zero attached hydrogens (tertiary/aromatic N) is 4. The second-order valence-corrected chi connectivity index (χ2v) is 22.3. The Morgan fingerprint density at radius 3 is 2.47 bits per heavy atom. The van der Waals surface area contributed by atoms with Gasteiger partial charge in [0, 0.05) is 98.7 Å². The second kappa shape index (κ2) is 18.0. The molecule has 0 amide bonds. The Balaban J connectivity index is 0.000000291. The van der Waals surface area contributed by atoms with Crippen LogP contribution in [0.4, 0.5) is 17.1 Å². The minimum atomic E-state index is -4.25. The summed E-state index contributed by atoms with van der Waals surface area (Å²) in [5.41, 5.74) is 11.9. The number of anilines is 2. The van der Waals surface area contributed by atoms with Crippen LogP contribution in [0.5, 0.6) is 11.5 Å². The first kappa shape index (κ1) is 46.0. The standard InChI is InChI=1S/C34H40N6O7S.C14H22ClN/c1-3-39(4-2)25-5-7-28(32(18-25)47-26-17-24-9-12-36-33(24)37-20-26)31(41)21-48(44,45)27-6-8-29(30(19-27)40(42)43)35-13-14-38-22-34(23-38)10-15-46-16-11-34;1-12(2)4-3-10(6-16)11(5-12)13-7-14(15,8-13)9-13/h5-9,12,17-20,35H,3-4,10-11,13-16,21-23H2,1-2H3,(H,36,37);3-9,16H2,1-2H3. The number of nitrogens with one attached hydrogen (secondary N) is 2. The molecule has 2 aromatic heterocycles. The van der Waals surface area contributed by atoms with E-state index in [-0.39, 0.29) is 32.5 Å². The zero-order chi connectivity index (χ0) is 45.5. The lowest BCUT2D eigenvalue weighted by Crippen LogP contribution is -2.65. The van der Waals surface area contributed by atoms with Gasteiger partial charge >= 0.3 is 0 Å². The average molecular weight is 917 g/mol. The largest absolute Gasteiger partial charge is 0.455 e. The van der Waals surface area contributed by atoms with E-state index in [1.54, 1.807) is 41.6 Å². The quantitative estimate of drug-likeness (QED) is 0.0319. The van der Waals surface area contributed by atoms with E-state index in [2.05, 4.69) is 38.9 Å². The third-order valence-electron chi connectivity index (χ3n) is 14.3. The molecule has 0 atom stereocenters. The van der Waals surface area contributed by atoms with Crippen molar-refractivity contribution in [1.29, 1.82) is 0 Å². The van der Waals surface area contributed by atoms with Crippen LogP contribution in [0.2, 0.25) is 0 Å². The predicted octanol–water partition coefficient (Wildman–Crippen LogP) is 8.90. The number of nitro groups is 1. The summed E-state index contributed by atoms with van der Waals surface area (Å²) in [7, 11) is -4.25. The number of carbonyl (C=O) groups is 1. The number of likely N-dealkylation sites (tertiary alicyclic amines) is 1. The number of hydrogen-bond donors (Lipinski definition) is 3. The number of allylic oxidation sites excluding steroid dienone is 1. The third-order valence-corrected chi connectivity index (χ3v) is 16.3. The highest BCUT2D eigenvalue weighted by Gasteiger charge is 2.69. The van der Waals surface area contributed by atoms with Gasteiger partial charge in [-0.15, -0.1) is 11.6 Å². The number of fused-ring (bicyclic) bond motifs is 1. The van der Waals surface area contributed by atoms with Crippen LogP contribution >= 0.6 is 11.6 Å². The maximum absolute atomic E-state index is 13.6. The number of H-pyrrole nitrogens is 1. The molecule has 4 N–H and O–H groups in total. The Morgan fingerprint density at radius 1 is 1.06 bits per heavy atom. The second-order valence-electron chi connectivity index (χ2n) is 19.5. The summed E-state index contributed by atoms with van der Waals surface area (Å²) in [6.07, 6.45) is 12.8. The van der Waals surface area contributed by atoms with Gasteiger partial charge in [-0.3, -0.25) is 14.9 Å². The fourth-order valence-corrected chi connectivity index (χ4v) is 12.7. The van der Waals surface area contributed by atoms with Crippen molar-refractivity contribution in [1.82, 2.24) is 14.9 Å². The number of ketones is 1. The molecule has 0 unspecified atom stereocenters. The lowest BCUT2D eigenvalue weighted by Gasteiger charge is -2.70. The first-order valence-corrected chi connectivity index (χ1v) is 24.7. The number of halogens is 1. The normalized spacial score (nSPS) is 23.3. The third kappa shape index (κ3) is 9.55. The summed E-state index contributed by atoms with van der Waals surface area (Å²) in [4.78, 5) is 36.6. The summed E-state index contributed by atoms with van der Waals surface area (Å²) in [6, 6.07) is 12.3. The van der Waals surface area contributed by atoms with Gasteiger partial charge in [-0.05, 0) is 112 Å². The van der Waals surface area contributed by atoms with Crippen molar-refractivity contribution in [2.24, 2.45) is 22.0 Å². The maximum atomic E-state index is 13.6. The number of aromatic nitrogens is 2. The van der Waals surface area contributed by atoms with E-state index in [0.29, 0.717) is 53.8 Å². The Morgan fingerprint density at radius 2 is 1.80 bits per heavy atom. The van der Waals surface area contributed by atoms with Gasteiger partial charge in [0.1, 0.15) is 28.6 Å². The molecule has 1 spiro atoms. The van der Waals surface area contributed by atoms with Crippen LogP contribution in [0.15, 0.2) is 77.0 Å². The van der Waals surface area contributed by atoms with E-state index in [1.807, 2.05) is 19.9 Å². The molecule has 3 saturated carbocycles. The molecule has 6 aliphatic rings. The van der Waals surface area contributed by atoms with Crippen molar-refractivity contribution in [2.45, 2.75) is 88.8 Å². The van der Waals surface area contributed by atoms with Crippen LogP contribution in [0.3, 0.4) is 0 Å². The van der Waals surface area contributed by atoms with Crippen molar-refractivity contribution < 1.29 is 27.6 Å². The van der Waals surface area contributed by atoms with Crippen molar-refractivity contribution >= 4 is 55.3 Å². The van der Waals surface area contributed by atoms with Crippen LogP contribution in [-0.2, 0) is 14.6 Å². The molecular weight excluding hydrogens is 854 g/mol. The number of aromatic amines is 1. The monoisotopic (exact) mass is 915 g/mol. The minimum absolute atomic E-state index is 0.0740. The number of nitrogens with two attached hydrogens (primary N) is 1. The number of nitro benzene ring substituents is 1. The summed E-state index contributed by atoms with van der Waals surface area (Å²) in [5, 5.41) is 15.9. The number of rotatable bonds is 16. The van der Waals surface area contributed by atoms with Crippen LogP contribution < -0.4 is 20.7 Å². The van der Waals surface area contributed by atoms with Gasteiger partial charge in [-0.1, -0.05) is 25.0 Å². The molecule has 64 heavy (non-hydrogen) atoms. The fraction of sp³-hybridized carbons (Fsp3) is 0.542. The summed E-state index contributed by atoms with van der Waals surface area (Å²) in [6.45, 7) is 15.7. The van der Waals surface area contributed by atoms with E-state index >= 15 is 0 Å². The lowest BCUT2D eigenvalue weighted by molar-refractivity contribution is -0.384. The Bertz CT molecular complexity index is 2520. The van der Waals surface area contributed by atoms with Gasteiger partial charge in [0.15, 0.2) is 15.6 Å². The molecule has 16 heteroatoms. The van der Waals surface area contributed by atoms with E-state index in [0.717, 1.165) is 62.8 Å². The van der Waals surface area contributed by atoms with Crippen LogP contribution in [0, 0.1) is 26.4 Å². The molecule has 4 heterocycles. The molecule has 2 aromatic carbocycles. The van der Waals surface area contributed by atoms with Gasteiger partial charge in [0.25, 0.3) is 5.69 Å². The molecule has 4 aromatic rings. The van der Waals surface area contributed by atoms with Gasteiger partial charge in [-0.2, -0.15) is 0 Å². The minimum Gasteiger partial charge on any atom is -0.455 e. The smallest absolute Gasteiger partial charge is 0.293 e. The zero-order valence-corrected chi connectivity index (χ0v) is 39.1. The number of hydrogen-bond acceptors (Lipinski definition) is 12. The van der Waals surface area contributed by atoms with Gasteiger partial charge in [0.2, 0.25) is 0 Å². The number of Topliss-reactive ketones (excluding diaryl/α,β-unsaturated/α-hetero) is 1. The van der Waals surface area contributed by atoms with E-state index in [9.17, 15) is 23.3 Å². The molecule has 2 bridgehead atoms. The SMILES string of the molecule is CC1(C)CCC(CN)=C(C23CC(Cl)(C2)C3)C1.CCN(CC)c1ccc(C(=O)CS(=O)(=O)c2ccc(NCCN3CC4(CCOCC4)C3)c([N+](=O)[O-])c2)c(Oc2cnc3[nH]ccc3c2)c1. The predicted molar refractivity (Wildman–Crippen MR) is 252 cm³/mol. The number of sulfone groups is 1. The number of benzene rings is 2. The van der Waals surface area contributed by atoms with Crippen LogP contribution in [0.25, 0.3) is 11.0 Å². The summed E-state index contributed by atoms with van der Waals surface area (Å²) >= 11 is 6.39. The average Bonchev–Trinajstić information content (AvgIpc) is 3.70. The fourth-order valence-electron chi connectivity index (χ4n) is 10.7. The molecular formula is C48H62ClN7O7S. The number of alkyl halides is 1.